The lowest BCUT2D eigenvalue weighted by Gasteiger charge is -2.46. The van der Waals surface area contributed by atoms with E-state index in [0.717, 1.165) is 83.4 Å². The summed E-state index contributed by atoms with van der Waals surface area (Å²) in [5.41, 5.74) is 10.6. The summed E-state index contributed by atoms with van der Waals surface area (Å²) in [4.78, 5) is 120. The predicted molar refractivity (Wildman–Crippen MR) is 443 cm³/mol. The van der Waals surface area contributed by atoms with Crippen molar-refractivity contribution < 1.29 is 138 Å². The third-order valence-corrected chi connectivity index (χ3v) is 23.3. The van der Waals surface area contributed by atoms with Gasteiger partial charge in [-0.3, -0.25) is 33.6 Å². The molecule has 0 aliphatic carbocycles. The van der Waals surface area contributed by atoms with Gasteiger partial charge in [0.25, 0.3) is 0 Å². The van der Waals surface area contributed by atoms with E-state index in [-0.39, 0.29) is 43.0 Å². The van der Waals surface area contributed by atoms with Crippen molar-refractivity contribution in [2.45, 2.75) is 193 Å². The number of amides is 7. The number of aliphatic hydroxyl groups is 8. The van der Waals surface area contributed by atoms with E-state index in [1.54, 1.807) is 26.0 Å². The van der Waals surface area contributed by atoms with Crippen LogP contribution in [0.15, 0.2) is 127 Å². The van der Waals surface area contributed by atoms with Crippen LogP contribution in [-0.4, -0.2) is 238 Å². The largest absolute Gasteiger partial charge is 0.508 e. The van der Waals surface area contributed by atoms with Gasteiger partial charge in [-0.25, -0.2) is 4.79 Å². The molecule has 24 N–H and O–H groups in total. The number of fused-ring (bicyclic) bond motifs is 15. The fourth-order valence-corrected chi connectivity index (χ4v) is 16.4. The number of hydrogen-bond donors (Lipinski definition) is 22. The van der Waals surface area contributed by atoms with Crippen LogP contribution in [0.5, 0.6) is 46.0 Å². The molecule has 7 aromatic carbocycles. The van der Waals surface area contributed by atoms with Crippen molar-refractivity contribution in [1.82, 2.24) is 42.5 Å². The van der Waals surface area contributed by atoms with Gasteiger partial charge in [-0.1, -0.05) is 103 Å². The molecule has 0 radical (unpaired) electrons. The van der Waals surface area contributed by atoms with E-state index in [2.05, 4.69) is 42.5 Å². The first-order chi connectivity index (χ1) is 59.8. The molecule has 0 saturated carbocycles. The average Bonchev–Trinajstić information content (AvgIpc) is 0.761. The van der Waals surface area contributed by atoms with Crippen LogP contribution >= 0.6 is 34.8 Å². The Morgan fingerprint density at radius 3 is 1.85 bits per heavy atom. The number of carboxylic acids is 1. The first-order valence-electron chi connectivity index (χ1n) is 40.0. The van der Waals surface area contributed by atoms with Crippen LogP contribution in [0, 0.1) is 5.92 Å². The smallest absolute Gasteiger partial charge is 0.330 e. The standard InChI is InChI=1S/C85H95Cl3N10O28/c1-33(2)20-48(91-5)76(111)97-64-66(104)39-13-18-52(46(87)22-39)120-54-24-41-25-55(73(54)125-84-71(109)69(107)74(57(32-99)123-84)126-83-70(108)68(106)67(105)56(122-83)31-92-30-35-6-8-36(9-7-35)37-10-15-42(86)16-11-37)121-53-19-14-40(23-47(53)88)72(124-59-29-85(4,90)75(110)34(3)119-59)65-81(116)96-63(82(117)118)45-26-43(100)27-51(102)60(45)44-21-38(12-17-50(44)101)61(78(113)98-65)95-79(114)62(41)94-77(112)49(28-58(89)103)93-80(64)115/h6-19,21-27,33-34,48-49,56-57,59,61-72,74-75,83-84,91-92,99-102,104-110H,20,28-32,90H2,1-5H3,(H2,89,103)(H,93,115)(H,94,112)(H,95,114)(H,96,116)(H,97,111)(H,98,113)(H,117,118)/t34-,48+,49?,56+,57+,59?,61+,62+,63?,64?,65-,66+,67-,68-,69+,70+,71+,72+,74+,75-,83-,84-,85-/m0/s1. The number of hydrogen-bond acceptors (Lipinski definition) is 30. The molecule has 41 heteroatoms. The van der Waals surface area contributed by atoms with Crippen LogP contribution in [0.25, 0.3) is 22.3 Å². The van der Waals surface area contributed by atoms with Crippen LogP contribution < -0.4 is 68.2 Å². The summed E-state index contributed by atoms with van der Waals surface area (Å²) in [6.45, 7) is 5.46. The minimum Gasteiger partial charge on any atom is -0.508 e. The molecule has 0 aromatic heterocycles. The lowest BCUT2D eigenvalue weighted by molar-refractivity contribution is -0.350. The molecule has 674 valence electrons. The normalized spacial score (nSPS) is 29.6. The van der Waals surface area contributed by atoms with Crippen molar-refractivity contribution in [3.63, 3.8) is 0 Å². The highest BCUT2D eigenvalue weighted by Crippen LogP contribution is 2.50. The molecule has 11 bridgehead atoms. The number of nitrogens with one attached hydrogen (secondary N) is 8. The van der Waals surface area contributed by atoms with Crippen molar-refractivity contribution in [2.24, 2.45) is 17.4 Å². The number of rotatable bonds is 20. The van der Waals surface area contributed by atoms with Gasteiger partial charge in [0.05, 0.1) is 41.3 Å². The van der Waals surface area contributed by atoms with Crippen LogP contribution in [0.1, 0.15) is 111 Å². The molecule has 38 nitrogen and oxygen atoms in total. The van der Waals surface area contributed by atoms with Gasteiger partial charge in [-0.05, 0) is 139 Å². The topological polar surface area (TPSA) is 601 Å². The van der Waals surface area contributed by atoms with Gasteiger partial charge >= 0.3 is 5.97 Å². The highest BCUT2D eigenvalue weighted by Gasteiger charge is 2.53. The Labute approximate surface area is 733 Å². The first-order valence-corrected chi connectivity index (χ1v) is 41.1. The number of likely N-dealkylation sites (N-methyl/N-ethyl adjacent to an activating group) is 1. The first kappa shape index (κ1) is 93.0. The summed E-state index contributed by atoms with van der Waals surface area (Å²) in [5.74, 6) is -16.7. The monoisotopic (exact) mass is 1810 g/mol. The van der Waals surface area contributed by atoms with Crippen molar-refractivity contribution in [3.05, 3.63) is 176 Å². The zero-order valence-corrected chi connectivity index (χ0v) is 70.1. The van der Waals surface area contributed by atoms with E-state index in [1.807, 2.05) is 36.4 Å². The third kappa shape index (κ3) is 20.3. The fourth-order valence-electron chi connectivity index (χ4n) is 15.8. The number of carbonyl (C=O) groups is 8. The number of aliphatic hydroxyl groups excluding tert-OH is 8. The highest BCUT2D eigenvalue weighted by atomic mass is 35.5. The molecule has 8 aliphatic rings. The number of carbonyl (C=O) groups excluding carboxylic acids is 7. The Morgan fingerprint density at radius 1 is 0.627 bits per heavy atom. The Bertz CT molecular complexity index is 5250. The number of phenols is 3. The molecule has 3 fully saturated rings. The maximum atomic E-state index is 16.4. The average molecular weight is 1810 g/mol. The number of nitrogens with two attached hydrogens (primary N) is 2. The summed E-state index contributed by atoms with van der Waals surface area (Å²) in [5, 5.41) is 160. The van der Waals surface area contributed by atoms with Crippen molar-refractivity contribution in [2.75, 3.05) is 20.2 Å². The van der Waals surface area contributed by atoms with Crippen molar-refractivity contribution >= 4 is 82.1 Å². The molecule has 126 heavy (non-hydrogen) atoms. The molecule has 23 atom stereocenters. The summed E-state index contributed by atoms with van der Waals surface area (Å²) >= 11 is 20.6. The second-order valence-corrected chi connectivity index (χ2v) is 33.4. The van der Waals surface area contributed by atoms with Crippen molar-refractivity contribution in [3.8, 4) is 68.2 Å². The fraction of sp³-hybridized carbons (Fsp3) is 0.412. The van der Waals surface area contributed by atoms with E-state index >= 15 is 24.0 Å². The Morgan fingerprint density at radius 2 is 1.23 bits per heavy atom. The molecule has 3 saturated heterocycles. The molecular formula is C85H95Cl3N10O28. The third-order valence-electron chi connectivity index (χ3n) is 22.5. The number of carboxylic acid groups (broad SMARTS) is 1. The molecular weight excluding hydrogens is 1720 g/mol. The van der Waals surface area contributed by atoms with Gasteiger partial charge in [0, 0.05) is 52.8 Å². The zero-order valence-electron chi connectivity index (χ0n) is 67.8. The van der Waals surface area contributed by atoms with Gasteiger partial charge in [-0.2, -0.15) is 0 Å². The minimum atomic E-state index is -2.42. The van der Waals surface area contributed by atoms with Crippen LogP contribution in [0.3, 0.4) is 0 Å². The number of primary amides is 1. The number of aromatic hydroxyl groups is 3. The number of phenolic OH excluding ortho intramolecular Hbond substituents is 3. The van der Waals surface area contributed by atoms with Crippen LogP contribution in [0.4, 0.5) is 0 Å². The second kappa shape index (κ2) is 38.9. The Kier molecular flexibility index (Phi) is 28.7. The molecule has 0 spiro atoms. The van der Waals surface area contributed by atoms with Gasteiger partial charge < -0.3 is 153 Å². The molecule has 8 heterocycles. The van der Waals surface area contributed by atoms with Crippen molar-refractivity contribution in [1.29, 1.82) is 0 Å². The number of benzene rings is 7. The van der Waals surface area contributed by atoms with E-state index in [0.29, 0.717) is 5.02 Å². The summed E-state index contributed by atoms with van der Waals surface area (Å²) in [6.07, 6.45) is -29.1. The van der Waals surface area contributed by atoms with E-state index < -0.39 is 284 Å². The molecule has 4 unspecified atom stereocenters. The maximum absolute atomic E-state index is 16.4. The van der Waals surface area contributed by atoms with Crippen LogP contribution in [0.2, 0.25) is 15.1 Å². The maximum Gasteiger partial charge on any atom is 0.330 e. The van der Waals surface area contributed by atoms with E-state index in [1.165, 1.54) is 33.0 Å². The van der Waals surface area contributed by atoms with Gasteiger partial charge in [0.1, 0.15) is 120 Å². The highest BCUT2D eigenvalue weighted by molar-refractivity contribution is 6.32. The number of aliphatic carboxylic acids is 1. The lowest BCUT2D eigenvalue weighted by Crippen LogP contribution is -2.65. The summed E-state index contributed by atoms with van der Waals surface area (Å²) < 4.78 is 51.3. The second-order valence-electron chi connectivity index (χ2n) is 32.2. The number of ether oxygens (including phenoxy) is 8. The SMILES string of the molecule is CN[C@H](CC(C)C)C(=O)NC1C(=O)NC(CC(N)=O)C(=O)N[C@H]2C(=O)N[C@H]3C(=O)N[C@H](C(=O)NC(C(=O)O)c4cc(O)cc(O)c4-c4cc3ccc4O)[C@H](OC3C[C@](C)(N)[C@@H](O)[C@H](C)O3)c3ccc(c(Cl)c3)Oc3cc2cc(c3O[C@@H]2O[C@H](CO)[C@@H](O[C@@H]3O[C@H](CNCc4ccc(-c5ccc(Cl)cc5)cc4)[C@H](O)[C@H](O)[C@H]3O)[C@H](O)[C@H]2O)Oc2ccc(cc2Cl)[C@H]1O. The Hall–Kier alpha value is -10.7. The predicted octanol–water partition coefficient (Wildman–Crippen LogP) is 2.05. The van der Waals surface area contributed by atoms with Gasteiger partial charge in [0.2, 0.25) is 53.4 Å². The van der Waals surface area contributed by atoms with E-state index in [9.17, 15) is 75.7 Å². The van der Waals surface area contributed by atoms with Gasteiger partial charge in [-0.15, -0.1) is 0 Å². The number of halogens is 3. The molecule has 8 aliphatic heterocycles. The summed E-state index contributed by atoms with van der Waals surface area (Å²) in [7, 11) is 1.46. The molecule has 15 rings (SSSR count). The Balaban J connectivity index is 0.962. The summed E-state index contributed by atoms with van der Waals surface area (Å²) in [6, 6.07) is 13.7. The van der Waals surface area contributed by atoms with Crippen LogP contribution in [-0.2, 0) is 68.6 Å². The molecule has 7 aromatic rings. The lowest BCUT2D eigenvalue weighted by atomic mass is 9.86. The zero-order chi connectivity index (χ0) is 90.9. The molecule has 7 amide bonds. The van der Waals surface area contributed by atoms with Gasteiger partial charge in [0.15, 0.2) is 30.1 Å². The van der Waals surface area contributed by atoms with E-state index in [4.69, 9.17) is 84.2 Å². The quantitative estimate of drug-likeness (QED) is 0.0519. The minimum absolute atomic E-state index is 0.130.